The summed E-state index contributed by atoms with van der Waals surface area (Å²) in [5.41, 5.74) is -0.389. The van der Waals surface area contributed by atoms with Crippen LogP contribution < -0.4 is 10.1 Å². The highest BCUT2D eigenvalue weighted by atomic mass is 19.4. The number of alkyl halides is 3. The van der Waals surface area contributed by atoms with Crippen LogP contribution in [0.15, 0.2) is 42.3 Å². The standard InChI is InChI=1S/C12H7F3N2O4/c13-12(14,15)11(18)5-7-3-4-21-10-2-1-8(17(19)20)6-9(10)16-7/h1-6,16H/b7-5-. The summed E-state index contributed by atoms with van der Waals surface area (Å²) in [6.45, 7) is 0. The second kappa shape index (κ2) is 5.27. The van der Waals surface area contributed by atoms with E-state index in [4.69, 9.17) is 4.74 Å². The minimum Gasteiger partial charge on any atom is -0.463 e. The van der Waals surface area contributed by atoms with Gasteiger partial charge in [0.15, 0.2) is 0 Å². The Hall–Kier alpha value is -2.84. The average molecular weight is 300 g/mol. The molecule has 1 aliphatic heterocycles. The first-order chi connectivity index (χ1) is 9.77. The minimum atomic E-state index is -5.00. The third-order valence-electron chi connectivity index (χ3n) is 2.46. The summed E-state index contributed by atoms with van der Waals surface area (Å²) in [5.74, 6) is -1.87. The van der Waals surface area contributed by atoms with Gasteiger partial charge in [-0.25, -0.2) is 0 Å². The summed E-state index contributed by atoms with van der Waals surface area (Å²) >= 11 is 0. The topological polar surface area (TPSA) is 81.5 Å². The van der Waals surface area contributed by atoms with Gasteiger partial charge in [-0.3, -0.25) is 14.9 Å². The van der Waals surface area contributed by atoms with E-state index in [9.17, 15) is 28.1 Å². The third kappa shape index (κ3) is 3.38. The molecule has 0 aliphatic carbocycles. The molecule has 1 aliphatic rings. The predicted octanol–water partition coefficient (Wildman–Crippen LogP) is 2.93. The monoisotopic (exact) mass is 300 g/mol. The molecule has 9 heteroatoms. The fourth-order valence-electron chi connectivity index (χ4n) is 1.52. The van der Waals surface area contributed by atoms with Crippen LogP contribution >= 0.6 is 0 Å². The Bertz CT molecular complexity index is 665. The SMILES string of the molecule is O=C(/C=C1/C=COc2ccc([N+](=O)[O-])cc2N1)C(F)(F)F. The molecule has 0 radical (unpaired) electrons. The lowest BCUT2D eigenvalue weighted by Gasteiger charge is -2.08. The number of ketones is 1. The molecule has 1 aromatic rings. The molecule has 6 nitrogen and oxygen atoms in total. The van der Waals surface area contributed by atoms with Gasteiger partial charge in [0.05, 0.1) is 16.9 Å². The van der Waals surface area contributed by atoms with Crippen molar-refractivity contribution in [2.75, 3.05) is 5.32 Å². The summed E-state index contributed by atoms with van der Waals surface area (Å²) < 4.78 is 41.7. The summed E-state index contributed by atoms with van der Waals surface area (Å²) in [6, 6.07) is 3.57. The zero-order valence-corrected chi connectivity index (χ0v) is 10.2. The number of ether oxygens (including phenoxy) is 1. The highest BCUT2D eigenvalue weighted by Gasteiger charge is 2.36. The fraction of sp³-hybridized carbons (Fsp3) is 0.0833. The van der Waals surface area contributed by atoms with Gasteiger partial charge in [-0.2, -0.15) is 13.2 Å². The number of nitro groups is 1. The number of hydrogen-bond acceptors (Lipinski definition) is 5. The summed E-state index contributed by atoms with van der Waals surface area (Å²) in [6.07, 6.45) is -2.48. The first-order valence-electron chi connectivity index (χ1n) is 5.49. The Morgan fingerprint density at radius 2 is 2.10 bits per heavy atom. The van der Waals surface area contributed by atoms with E-state index >= 15 is 0 Å². The van der Waals surface area contributed by atoms with Gasteiger partial charge in [0.1, 0.15) is 5.75 Å². The number of hydrogen-bond donors (Lipinski definition) is 1. The molecule has 1 aromatic carbocycles. The number of carbonyl (C=O) groups excluding carboxylic acids is 1. The molecule has 0 amide bonds. The number of nitro benzene ring substituents is 1. The number of rotatable bonds is 2. The lowest BCUT2D eigenvalue weighted by Crippen LogP contribution is -2.21. The van der Waals surface area contributed by atoms with Crippen LogP contribution in [-0.4, -0.2) is 16.9 Å². The number of fused-ring (bicyclic) bond motifs is 1. The van der Waals surface area contributed by atoms with E-state index in [0.717, 1.165) is 18.4 Å². The van der Waals surface area contributed by atoms with Crippen molar-refractivity contribution in [3.8, 4) is 5.75 Å². The molecule has 0 atom stereocenters. The zero-order valence-electron chi connectivity index (χ0n) is 10.2. The highest BCUT2D eigenvalue weighted by Crippen LogP contribution is 2.32. The van der Waals surface area contributed by atoms with E-state index in [1.165, 1.54) is 12.1 Å². The van der Waals surface area contributed by atoms with Crippen molar-refractivity contribution < 1.29 is 27.6 Å². The Morgan fingerprint density at radius 3 is 2.71 bits per heavy atom. The molecule has 110 valence electrons. The highest BCUT2D eigenvalue weighted by molar-refractivity contribution is 5.95. The molecule has 1 heterocycles. The predicted molar refractivity (Wildman–Crippen MR) is 65.6 cm³/mol. The van der Waals surface area contributed by atoms with Crippen molar-refractivity contribution in [2.45, 2.75) is 6.18 Å². The van der Waals surface area contributed by atoms with Crippen LogP contribution in [0.25, 0.3) is 0 Å². The van der Waals surface area contributed by atoms with Crippen LogP contribution in [0.4, 0.5) is 24.5 Å². The normalized spacial score (nSPS) is 15.7. The van der Waals surface area contributed by atoms with Crippen LogP contribution in [0, 0.1) is 10.1 Å². The Morgan fingerprint density at radius 1 is 1.38 bits per heavy atom. The molecule has 0 unspecified atom stereocenters. The lowest BCUT2D eigenvalue weighted by atomic mass is 10.2. The summed E-state index contributed by atoms with van der Waals surface area (Å²) in [7, 11) is 0. The molecule has 0 aromatic heterocycles. The van der Waals surface area contributed by atoms with Crippen LogP contribution in [0.2, 0.25) is 0 Å². The molecule has 0 saturated carbocycles. The van der Waals surface area contributed by atoms with Crippen molar-refractivity contribution in [2.24, 2.45) is 0 Å². The molecule has 0 bridgehead atoms. The number of halogens is 3. The van der Waals surface area contributed by atoms with Gasteiger partial charge in [-0.15, -0.1) is 0 Å². The van der Waals surface area contributed by atoms with Gasteiger partial charge in [0.2, 0.25) is 0 Å². The van der Waals surface area contributed by atoms with Crippen molar-refractivity contribution in [3.63, 3.8) is 0 Å². The molecule has 21 heavy (non-hydrogen) atoms. The zero-order chi connectivity index (χ0) is 15.6. The van der Waals surface area contributed by atoms with Gasteiger partial charge in [-0.1, -0.05) is 0 Å². The van der Waals surface area contributed by atoms with Crippen molar-refractivity contribution in [1.82, 2.24) is 0 Å². The van der Waals surface area contributed by atoms with Crippen LogP contribution in [-0.2, 0) is 4.79 Å². The maximum atomic E-state index is 12.2. The van der Waals surface area contributed by atoms with Gasteiger partial charge in [0.25, 0.3) is 11.5 Å². The van der Waals surface area contributed by atoms with Gasteiger partial charge in [0, 0.05) is 23.9 Å². The fourth-order valence-corrected chi connectivity index (χ4v) is 1.52. The first-order valence-corrected chi connectivity index (χ1v) is 5.49. The number of non-ortho nitro benzene ring substituents is 1. The van der Waals surface area contributed by atoms with E-state index in [0.29, 0.717) is 6.08 Å². The smallest absolute Gasteiger partial charge is 0.454 e. The number of anilines is 1. The molecular formula is C12H7F3N2O4. The number of benzene rings is 1. The van der Waals surface area contributed by atoms with E-state index in [1.54, 1.807) is 0 Å². The summed E-state index contributed by atoms with van der Waals surface area (Å²) in [4.78, 5) is 20.9. The maximum Gasteiger partial charge on any atom is 0.454 e. The molecule has 0 saturated heterocycles. The molecular weight excluding hydrogens is 293 g/mol. The minimum absolute atomic E-state index is 0.0791. The number of nitrogens with zero attached hydrogens (tertiary/aromatic N) is 1. The van der Waals surface area contributed by atoms with Crippen LogP contribution in [0.5, 0.6) is 5.75 Å². The second-order valence-electron chi connectivity index (χ2n) is 3.94. The Kier molecular flexibility index (Phi) is 3.66. The van der Waals surface area contributed by atoms with E-state index in [-0.39, 0.29) is 22.8 Å². The molecule has 1 N–H and O–H groups in total. The third-order valence-corrected chi connectivity index (χ3v) is 2.46. The van der Waals surface area contributed by atoms with Crippen molar-refractivity contribution in [1.29, 1.82) is 0 Å². The molecule has 0 fully saturated rings. The Labute approximate surface area is 115 Å². The van der Waals surface area contributed by atoms with Crippen LogP contribution in [0.1, 0.15) is 0 Å². The molecule has 2 rings (SSSR count). The van der Waals surface area contributed by atoms with E-state index in [2.05, 4.69) is 5.32 Å². The van der Waals surface area contributed by atoms with Crippen molar-refractivity contribution >= 4 is 17.2 Å². The first kappa shape index (κ1) is 14.6. The van der Waals surface area contributed by atoms with Crippen LogP contribution in [0.3, 0.4) is 0 Å². The van der Waals surface area contributed by atoms with Gasteiger partial charge >= 0.3 is 6.18 Å². The average Bonchev–Trinajstić information content (AvgIpc) is 2.58. The number of allylic oxidation sites excluding steroid dienone is 2. The van der Waals surface area contributed by atoms with Gasteiger partial charge < -0.3 is 10.1 Å². The number of nitrogens with one attached hydrogen (secondary N) is 1. The van der Waals surface area contributed by atoms with Crippen molar-refractivity contribution in [3.05, 3.63) is 52.4 Å². The Balaban J connectivity index is 2.35. The lowest BCUT2D eigenvalue weighted by molar-refractivity contribution is -0.384. The molecule has 0 spiro atoms. The second-order valence-corrected chi connectivity index (χ2v) is 3.94. The largest absolute Gasteiger partial charge is 0.463 e. The van der Waals surface area contributed by atoms with Gasteiger partial charge in [-0.05, 0) is 12.1 Å². The van der Waals surface area contributed by atoms with E-state index < -0.39 is 16.9 Å². The quantitative estimate of drug-likeness (QED) is 0.516. The maximum absolute atomic E-state index is 12.2. The summed E-state index contributed by atoms with van der Waals surface area (Å²) in [5, 5.41) is 13.1. The van der Waals surface area contributed by atoms with E-state index in [1.807, 2.05) is 0 Å². The number of carbonyl (C=O) groups is 1.